The van der Waals surface area contributed by atoms with E-state index in [1.807, 2.05) is 60.1 Å². The van der Waals surface area contributed by atoms with Crippen molar-refractivity contribution in [1.82, 2.24) is 19.6 Å². The summed E-state index contributed by atoms with van der Waals surface area (Å²) in [4.78, 5) is 20.0. The van der Waals surface area contributed by atoms with Crippen molar-refractivity contribution in [2.24, 2.45) is 0 Å². The van der Waals surface area contributed by atoms with E-state index in [2.05, 4.69) is 27.3 Å². The molecule has 1 aliphatic heterocycles. The van der Waals surface area contributed by atoms with Gasteiger partial charge in [-0.1, -0.05) is 18.2 Å². The standard InChI is InChI=1S/C29H32N4O3/c1-21-6-5-17-33-19-24(31-28(21)33)20-36-26-13-9-23(10-14-26)29(34)30-18-27(32-15-3-4-16-32)22-7-11-25(35-2)12-8-22/h5-14,17,19,27H,3-4,15-16,18,20H2,1-2H3,(H,30,34). The maximum absolute atomic E-state index is 12.9. The van der Waals surface area contributed by atoms with E-state index in [-0.39, 0.29) is 11.9 Å². The summed E-state index contributed by atoms with van der Waals surface area (Å²) in [5, 5.41) is 3.14. The van der Waals surface area contributed by atoms with Crippen molar-refractivity contribution in [3.63, 3.8) is 0 Å². The Balaban J connectivity index is 1.19. The van der Waals surface area contributed by atoms with Crippen molar-refractivity contribution in [3.8, 4) is 11.5 Å². The molecule has 0 radical (unpaired) electrons. The summed E-state index contributed by atoms with van der Waals surface area (Å²) in [5.41, 5.74) is 4.71. The number of imidazole rings is 1. The van der Waals surface area contributed by atoms with Gasteiger partial charge in [0, 0.05) is 24.5 Å². The molecule has 1 fully saturated rings. The number of nitrogens with zero attached hydrogens (tertiary/aromatic N) is 3. The Morgan fingerprint density at radius 3 is 2.44 bits per heavy atom. The van der Waals surface area contributed by atoms with Gasteiger partial charge in [-0.2, -0.15) is 0 Å². The Hall–Kier alpha value is -3.84. The Bertz CT molecular complexity index is 1310. The van der Waals surface area contributed by atoms with Gasteiger partial charge in [0.1, 0.15) is 23.8 Å². The maximum Gasteiger partial charge on any atom is 0.251 e. The molecule has 0 saturated carbocycles. The number of aryl methyl sites for hydroxylation is 1. The second-order valence-electron chi connectivity index (χ2n) is 9.21. The molecule has 1 amide bonds. The van der Waals surface area contributed by atoms with Crippen LogP contribution in [0.3, 0.4) is 0 Å². The molecule has 1 unspecified atom stereocenters. The van der Waals surface area contributed by atoms with Gasteiger partial charge in [-0.05, 0) is 86.4 Å². The minimum atomic E-state index is -0.0879. The van der Waals surface area contributed by atoms with E-state index in [1.54, 1.807) is 19.2 Å². The van der Waals surface area contributed by atoms with Gasteiger partial charge in [0.2, 0.25) is 0 Å². The summed E-state index contributed by atoms with van der Waals surface area (Å²) >= 11 is 0. The SMILES string of the molecule is COc1ccc(C(CNC(=O)c2ccc(OCc3cn4cccc(C)c4n3)cc2)N2CCCC2)cc1. The fraction of sp³-hybridized carbons (Fsp3) is 0.310. The highest BCUT2D eigenvalue weighted by atomic mass is 16.5. The summed E-state index contributed by atoms with van der Waals surface area (Å²) < 4.78 is 13.2. The van der Waals surface area contributed by atoms with Crippen LogP contribution in [-0.2, 0) is 6.61 Å². The van der Waals surface area contributed by atoms with Crippen molar-refractivity contribution < 1.29 is 14.3 Å². The van der Waals surface area contributed by atoms with E-state index in [0.717, 1.165) is 35.7 Å². The Morgan fingerprint density at radius 1 is 1.03 bits per heavy atom. The van der Waals surface area contributed by atoms with E-state index in [9.17, 15) is 4.79 Å². The summed E-state index contributed by atoms with van der Waals surface area (Å²) in [7, 11) is 1.67. The molecule has 2 aromatic carbocycles. The zero-order valence-corrected chi connectivity index (χ0v) is 20.8. The van der Waals surface area contributed by atoms with Crippen LogP contribution in [-0.4, -0.2) is 46.9 Å². The lowest BCUT2D eigenvalue weighted by Gasteiger charge is -2.28. The number of likely N-dealkylation sites (tertiary alicyclic amines) is 1. The smallest absolute Gasteiger partial charge is 0.251 e. The molecule has 2 aromatic heterocycles. The number of benzene rings is 2. The largest absolute Gasteiger partial charge is 0.497 e. The highest BCUT2D eigenvalue weighted by molar-refractivity contribution is 5.94. The van der Waals surface area contributed by atoms with E-state index in [1.165, 1.54) is 18.4 Å². The van der Waals surface area contributed by atoms with Gasteiger partial charge < -0.3 is 19.2 Å². The molecule has 0 aliphatic carbocycles. The van der Waals surface area contributed by atoms with Gasteiger partial charge in [-0.25, -0.2) is 4.98 Å². The van der Waals surface area contributed by atoms with Crippen molar-refractivity contribution in [2.45, 2.75) is 32.4 Å². The first-order chi connectivity index (χ1) is 17.6. The van der Waals surface area contributed by atoms with E-state index in [4.69, 9.17) is 9.47 Å². The van der Waals surface area contributed by atoms with Gasteiger partial charge in [-0.15, -0.1) is 0 Å². The van der Waals surface area contributed by atoms with Crippen LogP contribution in [0.5, 0.6) is 11.5 Å². The number of aromatic nitrogens is 2. The van der Waals surface area contributed by atoms with Crippen molar-refractivity contribution in [3.05, 3.63) is 95.4 Å². The number of ether oxygens (including phenoxy) is 2. The molecule has 1 atom stereocenters. The third-order valence-electron chi connectivity index (χ3n) is 6.77. The van der Waals surface area contributed by atoms with Crippen LogP contribution < -0.4 is 14.8 Å². The summed E-state index contributed by atoms with van der Waals surface area (Å²) in [6.45, 7) is 5.05. The van der Waals surface area contributed by atoms with Gasteiger partial charge >= 0.3 is 0 Å². The second kappa shape index (κ2) is 10.8. The van der Waals surface area contributed by atoms with E-state index in [0.29, 0.717) is 24.5 Å². The zero-order chi connectivity index (χ0) is 24.9. The Kier molecular flexibility index (Phi) is 7.18. The number of carbonyl (C=O) groups is 1. The molecule has 1 aliphatic rings. The molecule has 5 rings (SSSR count). The Morgan fingerprint density at radius 2 is 1.75 bits per heavy atom. The third-order valence-corrected chi connectivity index (χ3v) is 6.77. The van der Waals surface area contributed by atoms with Crippen LogP contribution in [0.1, 0.15) is 46.1 Å². The number of nitrogens with one attached hydrogen (secondary N) is 1. The molecule has 0 bridgehead atoms. The summed E-state index contributed by atoms with van der Waals surface area (Å²) in [5.74, 6) is 1.45. The average Bonchev–Trinajstić information content (AvgIpc) is 3.59. The highest BCUT2D eigenvalue weighted by Gasteiger charge is 2.24. The Labute approximate surface area is 211 Å². The molecule has 4 aromatic rings. The van der Waals surface area contributed by atoms with Gasteiger partial charge in [-0.3, -0.25) is 9.69 Å². The van der Waals surface area contributed by atoms with Gasteiger partial charge in [0.05, 0.1) is 18.8 Å². The van der Waals surface area contributed by atoms with Crippen LogP contribution in [0.4, 0.5) is 0 Å². The molecule has 7 heteroatoms. The van der Waals surface area contributed by atoms with Crippen LogP contribution in [0.2, 0.25) is 0 Å². The fourth-order valence-electron chi connectivity index (χ4n) is 4.76. The molecule has 1 saturated heterocycles. The number of hydrogen-bond acceptors (Lipinski definition) is 5. The number of amides is 1. The first-order valence-corrected chi connectivity index (χ1v) is 12.4. The van der Waals surface area contributed by atoms with Gasteiger partial charge in [0.15, 0.2) is 0 Å². The third kappa shape index (κ3) is 5.36. The number of rotatable bonds is 9. The topological polar surface area (TPSA) is 68.1 Å². The first kappa shape index (κ1) is 23.9. The minimum absolute atomic E-state index is 0.0879. The lowest BCUT2D eigenvalue weighted by Crippen LogP contribution is -2.36. The summed E-state index contributed by atoms with van der Waals surface area (Å²) in [6.07, 6.45) is 6.34. The monoisotopic (exact) mass is 484 g/mol. The second-order valence-corrected chi connectivity index (χ2v) is 9.21. The number of hydrogen-bond donors (Lipinski definition) is 1. The molecule has 1 N–H and O–H groups in total. The number of pyridine rings is 1. The highest BCUT2D eigenvalue weighted by Crippen LogP contribution is 2.26. The van der Waals surface area contributed by atoms with Crippen molar-refractivity contribution in [1.29, 1.82) is 0 Å². The number of methoxy groups -OCH3 is 1. The number of fused-ring (bicyclic) bond motifs is 1. The molecular formula is C29H32N4O3. The van der Waals surface area contributed by atoms with Gasteiger partial charge in [0.25, 0.3) is 5.91 Å². The fourth-order valence-corrected chi connectivity index (χ4v) is 4.76. The minimum Gasteiger partial charge on any atom is -0.497 e. The molecule has 36 heavy (non-hydrogen) atoms. The predicted octanol–water partition coefficient (Wildman–Crippen LogP) is 4.80. The molecular weight excluding hydrogens is 452 g/mol. The van der Waals surface area contributed by atoms with Crippen LogP contribution in [0.25, 0.3) is 5.65 Å². The lowest BCUT2D eigenvalue weighted by molar-refractivity contribution is 0.0938. The van der Waals surface area contributed by atoms with Crippen LogP contribution >= 0.6 is 0 Å². The number of carbonyl (C=O) groups excluding carboxylic acids is 1. The van der Waals surface area contributed by atoms with Crippen molar-refractivity contribution >= 4 is 11.6 Å². The predicted molar refractivity (Wildman–Crippen MR) is 140 cm³/mol. The maximum atomic E-state index is 12.9. The normalized spacial score (nSPS) is 14.6. The van der Waals surface area contributed by atoms with E-state index < -0.39 is 0 Å². The molecule has 186 valence electrons. The average molecular weight is 485 g/mol. The van der Waals surface area contributed by atoms with Crippen LogP contribution in [0, 0.1) is 6.92 Å². The summed E-state index contributed by atoms with van der Waals surface area (Å²) in [6, 6.07) is 19.6. The lowest BCUT2D eigenvalue weighted by atomic mass is 10.0. The van der Waals surface area contributed by atoms with E-state index >= 15 is 0 Å². The molecule has 7 nitrogen and oxygen atoms in total. The zero-order valence-electron chi connectivity index (χ0n) is 20.8. The molecule has 3 heterocycles. The first-order valence-electron chi connectivity index (χ1n) is 12.4. The molecule has 0 spiro atoms. The van der Waals surface area contributed by atoms with Crippen molar-refractivity contribution in [2.75, 3.05) is 26.7 Å². The quantitative estimate of drug-likeness (QED) is 0.370. The van der Waals surface area contributed by atoms with Crippen LogP contribution in [0.15, 0.2) is 73.1 Å².